The molecule has 2 aliphatic heterocycles. The van der Waals surface area contributed by atoms with Crippen LogP contribution in [-0.4, -0.2) is 45.7 Å². The number of carbonyl (C=O) groups is 1. The number of hydrogen-bond donors (Lipinski definition) is 2. The average molecular weight is 516 g/mol. The maximum Gasteiger partial charge on any atom is 0.311 e. The van der Waals surface area contributed by atoms with Crippen LogP contribution >= 0.6 is 11.8 Å². The first-order chi connectivity index (χ1) is 18.0. The molecule has 2 heterocycles. The molecule has 9 heteroatoms. The van der Waals surface area contributed by atoms with Crippen LogP contribution in [0.1, 0.15) is 36.1 Å². The largest absolute Gasteiger partial charge is 0.508 e. The smallest absolute Gasteiger partial charge is 0.311 e. The first kappa shape index (κ1) is 24.5. The second-order valence-corrected chi connectivity index (χ2v) is 9.36. The number of hydrazone groups is 1. The normalized spacial score (nSPS) is 18.2. The van der Waals surface area contributed by atoms with Crippen LogP contribution in [0.5, 0.6) is 23.0 Å². The van der Waals surface area contributed by atoms with E-state index in [2.05, 4.69) is 4.99 Å². The number of rotatable bonds is 6. The third-order valence-corrected chi connectivity index (χ3v) is 6.83. The van der Waals surface area contributed by atoms with Gasteiger partial charge in [0.1, 0.15) is 11.5 Å². The number of methoxy groups -OCH3 is 1. The van der Waals surface area contributed by atoms with Crippen molar-refractivity contribution < 1.29 is 24.5 Å². The summed E-state index contributed by atoms with van der Waals surface area (Å²) in [4.78, 5) is 17.4. The molecule has 188 valence electrons. The maximum absolute atomic E-state index is 12.5. The number of aromatic hydroxyl groups is 2. The van der Waals surface area contributed by atoms with Gasteiger partial charge < -0.3 is 19.7 Å². The Morgan fingerprint density at radius 1 is 1.08 bits per heavy atom. The monoisotopic (exact) mass is 515 g/mol. The fourth-order valence-corrected chi connectivity index (χ4v) is 5.03. The number of hydrogen-bond acceptors (Lipinski definition) is 8. The third-order valence-electron chi connectivity index (χ3n) is 6.04. The summed E-state index contributed by atoms with van der Waals surface area (Å²) >= 11 is 1.01. The number of phenolic OH excluding ortho intramolecular Hbond substituents is 2. The Labute approximate surface area is 218 Å². The Hall–Kier alpha value is -4.24. The summed E-state index contributed by atoms with van der Waals surface area (Å²) in [5.74, 6) is 1.69. The van der Waals surface area contributed by atoms with E-state index in [0.29, 0.717) is 35.1 Å². The molecule has 3 aromatic rings. The second kappa shape index (κ2) is 10.4. The Balaban J connectivity index is 1.56. The molecule has 0 aromatic heterocycles. The lowest BCUT2D eigenvalue weighted by Crippen LogP contribution is -2.26. The van der Waals surface area contributed by atoms with Crippen LogP contribution in [0.3, 0.4) is 0 Å². The Morgan fingerprint density at radius 2 is 1.86 bits per heavy atom. The lowest BCUT2D eigenvalue weighted by molar-refractivity contribution is 0.267. The van der Waals surface area contributed by atoms with E-state index in [1.165, 1.54) is 0 Å². The lowest BCUT2D eigenvalue weighted by Gasteiger charge is -2.24. The molecule has 1 amide bonds. The van der Waals surface area contributed by atoms with E-state index in [1.807, 2.05) is 49.4 Å². The number of phenols is 2. The summed E-state index contributed by atoms with van der Waals surface area (Å²) in [7, 11) is 1.62. The molecule has 0 spiro atoms. The molecule has 3 aromatic carbocycles. The van der Waals surface area contributed by atoms with Crippen molar-refractivity contribution in [2.24, 2.45) is 10.1 Å². The summed E-state index contributed by atoms with van der Waals surface area (Å²) < 4.78 is 10.8. The summed E-state index contributed by atoms with van der Waals surface area (Å²) in [5, 5.41) is 27.0. The van der Waals surface area contributed by atoms with Crippen LogP contribution in [0, 0.1) is 0 Å². The summed E-state index contributed by atoms with van der Waals surface area (Å²) in [6.45, 7) is 2.25. The van der Waals surface area contributed by atoms with Crippen LogP contribution in [0.25, 0.3) is 6.08 Å². The minimum atomic E-state index is -0.370. The summed E-state index contributed by atoms with van der Waals surface area (Å²) in [6, 6.07) is 19.3. The van der Waals surface area contributed by atoms with Crippen LogP contribution in [0.4, 0.5) is 4.79 Å². The topological polar surface area (TPSA) is 104 Å². The van der Waals surface area contributed by atoms with Gasteiger partial charge in [-0.25, -0.2) is 5.01 Å². The quantitative estimate of drug-likeness (QED) is 0.417. The molecular weight excluding hydrogens is 490 g/mol. The molecule has 1 atom stereocenters. The van der Waals surface area contributed by atoms with E-state index in [9.17, 15) is 15.0 Å². The molecule has 0 fully saturated rings. The summed E-state index contributed by atoms with van der Waals surface area (Å²) in [5.41, 5.74) is 3.13. The van der Waals surface area contributed by atoms with Gasteiger partial charge in [0, 0.05) is 12.0 Å². The van der Waals surface area contributed by atoms with Gasteiger partial charge in [0.25, 0.3) is 0 Å². The Morgan fingerprint density at radius 3 is 2.59 bits per heavy atom. The molecule has 5 rings (SSSR count). The molecule has 0 radical (unpaired) electrons. The van der Waals surface area contributed by atoms with Crippen molar-refractivity contribution in [3.8, 4) is 23.0 Å². The molecule has 0 aliphatic carbocycles. The number of benzene rings is 3. The standard InChI is InChI=1S/C28H25N3O5S/c1-3-36-25-14-17(8-13-24(25)33)15-26-27(29-28(34)37-26)31-22(20-6-4-5-7-23(20)32)16-21(30-31)18-9-11-19(35-2)12-10-18/h4-15,22,32-33H,3,16H2,1-2H3/b26-15-. The van der Waals surface area contributed by atoms with E-state index in [4.69, 9.17) is 14.6 Å². The first-order valence-electron chi connectivity index (χ1n) is 11.7. The van der Waals surface area contributed by atoms with Gasteiger partial charge in [-0.2, -0.15) is 10.1 Å². The molecule has 37 heavy (non-hydrogen) atoms. The zero-order chi connectivity index (χ0) is 25.9. The number of amidine groups is 1. The highest BCUT2D eigenvalue weighted by atomic mass is 32.2. The van der Waals surface area contributed by atoms with Crippen LogP contribution in [0.2, 0.25) is 0 Å². The van der Waals surface area contributed by atoms with Crippen LogP contribution in [0.15, 0.2) is 81.7 Å². The zero-order valence-electron chi connectivity index (χ0n) is 20.3. The number of aliphatic imine (C=N–C) groups is 1. The maximum atomic E-state index is 12.5. The highest BCUT2D eigenvalue weighted by molar-refractivity contribution is 8.18. The van der Waals surface area contributed by atoms with Crippen molar-refractivity contribution in [3.05, 3.63) is 88.3 Å². The molecule has 0 saturated heterocycles. The SMILES string of the molecule is CCOc1cc(/C=C2\SC(=O)N=C2N2N=C(c3ccc(OC)cc3)CC2c2ccccc2O)ccc1O. The highest BCUT2D eigenvalue weighted by Crippen LogP contribution is 2.42. The van der Waals surface area contributed by atoms with Crippen molar-refractivity contribution in [2.75, 3.05) is 13.7 Å². The minimum absolute atomic E-state index is 0.0425. The van der Waals surface area contributed by atoms with E-state index < -0.39 is 0 Å². The Bertz CT molecular complexity index is 1430. The van der Waals surface area contributed by atoms with E-state index >= 15 is 0 Å². The van der Waals surface area contributed by atoms with E-state index in [-0.39, 0.29) is 22.8 Å². The van der Waals surface area contributed by atoms with Crippen LogP contribution in [-0.2, 0) is 0 Å². The number of carbonyl (C=O) groups excluding carboxylic acids is 1. The van der Waals surface area contributed by atoms with Gasteiger partial charge in [-0.05, 0) is 78.4 Å². The third kappa shape index (κ3) is 5.03. The van der Waals surface area contributed by atoms with Crippen LogP contribution < -0.4 is 9.47 Å². The number of thioether (sulfide) groups is 1. The Kier molecular flexibility index (Phi) is 6.87. The zero-order valence-corrected chi connectivity index (χ0v) is 21.1. The second-order valence-electron chi connectivity index (χ2n) is 8.37. The number of nitrogens with zero attached hydrogens (tertiary/aromatic N) is 3. The summed E-state index contributed by atoms with van der Waals surface area (Å²) in [6.07, 6.45) is 2.32. The molecule has 2 N–H and O–H groups in total. The molecule has 2 aliphatic rings. The number of para-hydroxylation sites is 1. The fourth-order valence-electron chi connectivity index (χ4n) is 4.28. The van der Waals surface area contributed by atoms with Gasteiger partial charge in [-0.3, -0.25) is 4.79 Å². The van der Waals surface area contributed by atoms with Crippen molar-refractivity contribution in [3.63, 3.8) is 0 Å². The van der Waals surface area contributed by atoms with Crippen molar-refractivity contribution in [2.45, 2.75) is 19.4 Å². The highest BCUT2D eigenvalue weighted by Gasteiger charge is 2.37. The van der Waals surface area contributed by atoms with E-state index in [0.717, 1.165) is 34.3 Å². The predicted molar refractivity (Wildman–Crippen MR) is 145 cm³/mol. The van der Waals surface area contributed by atoms with Crippen molar-refractivity contribution >= 4 is 34.6 Å². The number of amides is 1. The average Bonchev–Trinajstić information content (AvgIpc) is 3.50. The van der Waals surface area contributed by atoms with Crippen molar-refractivity contribution in [1.29, 1.82) is 0 Å². The van der Waals surface area contributed by atoms with E-state index in [1.54, 1.807) is 42.5 Å². The van der Waals surface area contributed by atoms with Gasteiger partial charge in [-0.1, -0.05) is 24.3 Å². The van der Waals surface area contributed by atoms with Gasteiger partial charge in [-0.15, -0.1) is 0 Å². The molecule has 1 unspecified atom stereocenters. The molecule has 8 nitrogen and oxygen atoms in total. The van der Waals surface area contributed by atoms with Crippen molar-refractivity contribution in [1.82, 2.24) is 5.01 Å². The minimum Gasteiger partial charge on any atom is -0.508 e. The molecular formula is C28H25N3O5S. The predicted octanol–water partition coefficient (Wildman–Crippen LogP) is 5.96. The first-order valence-corrected chi connectivity index (χ1v) is 12.6. The lowest BCUT2D eigenvalue weighted by atomic mass is 9.97. The number of ether oxygens (including phenoxy) is 2. The molecule has 0 saturated carbocycles. The molecule has 0 bridgehead atoms. The fraction of sp³-hybridized carbons (Fsp3) is 0.179. The van der Waals surface area contributed by atoms with Gasteiger partial charge in [0.05, 0.1) is 30.4 Å². The van der Waals surface area contributed by atoms with Gasteiger partial charge in [0.2, 0.25) is 0 Å². The van der Waals surface area contributed by atoms with Gasteiger partial charge >= 0.3 is 5.24 Å². The van der Waals surface area contributed by atoms with Gasteiger partial charge in [0.15, 0.2) is 17.3 Å².